The summed E-state index contributed by atoms with van der Waals surface area (Å²) < 4.78 is 5.02. The minimum absolute atomic E-state index is 0.180. The molecule has 3 unspecified atom stereocenters. The van der Waals surface area contributed by atoms with Crippen molar-refractivity contribution in [2.75, 3.05) is 20.2 Å². The summed E-state index contributed by atoms with van der Waals surface area (Å²) in [4.78, 5) is 37.1. The van der Waals surface area contributed by atoms with E-state index >= 15 is 0 Å². The summed E-state index contributed by atoms with van der Waals surface area (Å²) in [5.41, 5.74) is -0.560. The van der Waals surface area contributed by atoms with Crippen LogP contribution in [0.1, 0.15) is 23.0 Å². The number of nitrogens with zero attached hydrogens (tertiary/aromatic N) is 1. The third kappa shape index (κ3) is 3.33. The minimum atomic E-state index is -1.77. The van der Waals surface area contributed by atoms with Crippen LogP contribution in [0.25, 0.3) is 0 Å². The first-order valence-corrected chi connectivity index (χ1v) is 9.08. The number of hydrogen-bond acceptors (Lipinski definition) is 5. The highest BCUT2D eigenvalue weighted by molar-refractivity contribution is 6.30. The molecule has 3 rings (SSSR count). The molecule has 0 bridgehead atoms. The molecule has 1 aliphatic heterocycles. The van der Waals surface area contributed by atoms with Gasteiger partial charge in [-0.1, -0.05) is 54.1 Å². The van der Waals surface area contributed by atoms with Crippen LogP contribution >= 0.6 is 11.6 Å². The summed E-state index contributed by atoms with van der Waals surface area (Å²) in [6.45, 7) is -0.423. The smallest absolute Gasteiger partial charge is 0.322 e. The van der Waals surface area contributed by atoms with E-state index in [-0.39, 0.29) is 6.54 Å². The highest BCUT2D eigenvalue weighted by Gasteiger charge is 2.64. The Labute approximate surface area is 166 Å². The fourth-order valence-corrected chi connectivity index (χ4v) is 4.16. The highest BCUT2D eigenvalue weighted by atomic mass is 35.5. The number of nitrogens with one attached hydrogen (secondary N) is 1. The van der Waals surface area contributed by atoms with Crippen LogP contribution in [0.5, 0.6) is 0 Å². The Kier molecular flexibility index (Phi) is 5.65. The molecule has 0 spiro atoms. The second-order valence-corrected chi connectivity index (χ2v) is 7.09. The Balaban J connectivity index is 2.24. The fraction of sp³-hybridized carbons (Fsp3) is 0.300. The predicted octanol–water partition coefficient (Wildman–Crippen LogP) is 2.77. The summed E-state index contributed by atoms with van der Waals surface area (Å²) in [7, 11) is 1.18. The van der Waals surface area contributed by atoms with Gasteiger partial charge in [0.25, 0.3) is 0 Å². The highest BCUT2D eigenvalue weighted by Crippen LogP contribution is 2.51. The number of ether oxygens (including phenoxy) is 1. The average Bonchev–Trinajstić information content (AvgIpc) is 3.04. The maximum atomic E-state index is 13.1. The van der Waals surface area contributed by atoms with Crippen molar-refractivity contribution in [3.05, 3.63) is 80.9 Å². The molecule has 0 aliphatic carbocycles. The molecule has 28 heavy (non-hydrogen) atoms. The summed E-state index contributed by atoms with van der Waals surface area (Å²) in [5, 5.41) is 14.7. The zero-order valence-corrected chi connectivity index (χ0v) is 15.9. The van der Waals surface area contributed by atoms with E-state index in [1.165, 1.54) is 7.11 Å². The first kappa shape index (κ1) is 19.8. The molecular weight excluding hydrogens is 384 g/mol. The molecule has 1 saturated heterocycles. The Morgan fingerprint density at radius 1 is 1.29 bits per heavy atom. The van der Waals surface area contributed by atoms with Crippen molar-refractivity contribution in [3.8, 4) is 0 Å². The molecule has 8 heteroatoms. The number of hydrogen-bond donors (Lipinski definition) is 1. The first-order valence-electron chi connectivity index (χ1n) is 8.70. The molecule has 1 fully saturated rings. The number of amides is 1. The van der Waals surface area contributed by atoms with Gasteiger partial charge >= 0.3 is 5.97 Å². The van der Waals surface area contributed by atoms with Crippen molar-refractivity contribution in [1.82, 2.24) is 5.32 Å². The molecule has 1 heterocycles. The van der Waals surface area contributed by atoms with Crippen LogP contribution in [0.4, 0.5) is 0 Å². The van der Waals surface area contributed by atoms with Gasteiger partial charge in [0.2, 0.25) is 12.5 Å². The number of carbonyl (C=O) groups is 2. The number of halogens is 1. The number of carbonyl (C=O) groups excluding carboxylic acids is 2. The van der Waals surface area contributed by atoms with E-state index in [2.05, 4.69) is 5.32 Å². The standard InChI is InChI=1S/C20H19ClN2O5/c1-28-19(25)20(16(11-22-18(20)24)13-5-3-2-4-6-13)17(12-23(26)27)14-7-9-15(21)10-8-14/h2-10,16-17H,11-12H2,1H3,(H,22,24). The number of nitro groups is 1. The van der Waals surface area contributed by atoms with Crippen molar-refractivity contribution < 1.29 is 19.2 Å². The third-order valence-electron chi connectivity index (χ3n) is 5.27. The van der Waals surface area contributed by atoms with Crippen molar-refractivity contribution >= 4 is 23.5 Å². The second-order valence-electron chi connectivity index (χ2n) is 6.65. The Hall–Kier alpha value is -2.93. The lowest BCUT2D eigenvalue weighted by molar-refractivity contribution is -0.485. The van der Waals surface area contributed by atoms with Crippen LogP contribution in [0.2, 0.25) is 5.02 Å². The Morgan fingerprint density at radius 2 is 1.93 bits per heavy atom. The van der Waals surface area contributed by atoms with Gasteiger partial charge in [-0.2, -0.15) is 0 Å². The van der Waals surface area contributed by atoms with E-state index in [9.17, 15) is 19.7 Å². The van der Waals surface area contributed by atoms with Gasteiger partial charge in [0.15, 0.2) is 5.41 Å². The molecule has 3 atom stereocenters. The molecule has 0 radical (unpaired) electrons. The first-order chi connectivity index (χ1) is 13.4. The van der Waals surface area contributed by atoms with Crippen LogP contribution < -0.4 is 5.32 Å². The van der Waals surface area contributed by atoms with Crippen LogP contribution in [0.3, 0.4) is 0 Å². The van der Waals surface area contributed by atoms with Gasteiger partial charge in [0.05, 0.1) is 13.0 Å². The maximum absolute atomic E-state index is 13.1. The number of esters is 1. The fourth-order valence-electron chi connectivity index (χ4n) is 4.03. The zero-order chi connectivity index (χ0) is 20.3. The molecule has 0 saturated carbocycles. The molecule has 1 N–H and O–H groups in total. The average molecular weight is 403 g/mol. The topological polar surface area (TPSA) is 98.5 Å². The van der Waals surface area contributed by atoms with Crippen molar-refractivity contribution in [2.24, 2.45) is 5.41 Å². The van der Waals surface area contributed by atoms with Gasteiger partial charge in [0, 0.05) is 22.4 Å². The Bertz CT molecular complexity index is 887. The summed E-state index contributed by atoms with van der Waals surface area (Å²) in [6.07, 6.45) is 0. The van der Waals surface area contributed by atoms with Gasteiger partial charge in [-0.15, -0.1) is 0 Å². The van der Waals surface area contributed by atoms with Gasteiger partial charge in [-0.05, 0) is 23.3 Å². The van der Waals surface area contributed by atoms with E-state index in [1.807, 2.05) is 6.07 Å². The molecule has 1 aliphatic rings. The zero-order valence-electron chi connectivity index (χ0n) is 15.1. The SMILES string of the molecule is COC(=O)C1(C(C[N+](=O)[O-])c2ccc(Cl)cc2)C(=O)NCC1c1ccccc1. The van der Waals surface area contributed by atoms with E-state index in [4.69, 9.17) is 16.3 Å². The van der Waals surface area contributed by atoms with Gasteiger partial charge in [0.1, 0.15) is 0 Å². The monoisotopic (exact) mass is 402 g/mol. The Morgan fingerprint density at radius 3 is 2.50 bits per heavy atom. The predicted molar refractivity (Wildman–Crippen MR) is 103 cm³/mol. The van der Waals surface area contributed by atoms with E-state index in [1.54, 1.807) is 48.5 Å². The van der Waals surface area contributed by atoms with Crippen molar-refractivity contribution in [2.45, 2.75) is 11.8 Å². The van der Waals surface area contributed by atoms with Crippen LogP contribution in [-0.4, -0.2) is 37.0 Å². The second kappa shape index (κ2) is 7.98. The van der Waals surface area contributed by atoms with Crippen LogP contribution in [0, 0.1) is 15.5 Å². The van der Waals surface area contributed by atoms with Crippen molar-refractivity contribution in [1.29, 1.82) is 0 Å². The quantitative estimate of drug-likeness (QED) is 0.346. The van der Waals surface area contributed by atoms with Crippen LogP contribution in [-0.2, 0) is 14.3 Å². The lowest BCUT2D eigenvalue weighted by Crippen LogP contribution is -2.49. The van der Waals surface area contributed by atoms with Gasteiger partial charge < -0.3 is 10.1 Å². The minimum Gasteiger partial charge on any atom is -0.468 e. The number of benzene rings is 2. The molecule has 7 nitrogen and oxygen atoms in total. The molecule has 2 aromatic carbocycles. The van der Waals surface area contributed by atoms with Crippen molar-refractivity contribution in [3.63, 3.8) is 0 Å². The number of methoxy groups -OCH3 is 1. The van der Waals surface area contributed by atoms with Gasteiger partial charge in [-0.25, -0.2) is 0 Å². The molecular formula is C20H19ClN2O5. The van der Waals surface area contributed by atoms with E-state index in [0.29, 0.717) is 10.6 Å². The third-order valence-corrected chi connectivity index (χ3v) is 5.52. The lowest BCUT2D eigenvalue weighted by atomic mass is 9.63. The van der Waals surface area contributed by atoms with Gasteiger partial charge in [-0.3, -0.25) is 19.7 Å². The molecule has 146 valence electrons. The molecule has 2 aromatic rings. The maximum Gasteiger partial charge on any atom is 0.322 e. The van der Waals surface area contributed by atoms with E-state index in [0.717, 1.165) is 5.56 Å². The van der Waals surface area contributed by atoms with Crippen LogP contribution in [0.15, 0.2) is 54.6 Å². The molecule has 1 amide bonds. The summed E-state index contributed by atoms with van der Waals surface area (Å²) in [5.74, 6) is -3.01. The largest absolute Gasteiger partial charge is 0.468 e. The molecule has 0 aromatic heterocycles. The normalized spacial score (nSPS) is 22.4. The number of rotatable bonds is 6. The summed E-state index contributed by atoms with van der Waals surface area (Å²) >= 11 is 5.95. The van der Waals surface area contributed by atoms with E-state index < -0.39 is 40.6 Å². The summed E-state index contributed by atoms with van der Waals surface area (Å²) in [6, 6.07) is 15.4. The lowest BCUT2D eigenvalue weighted by Gasteiger charge is -2.35.